The van der Waals surface area contributed by atoms with Gasteiger partial charge in [0.25, 0.3) is 0 Å². The minimum atomic E-state index is -0.420. The molecule has 18 heavy (non-hydrogen) atoms. The number of carbonyl (C=O) groups is 2. The number of methoxy groups -OCH3 is 1. The fraction of sp³-hybridized carbons (Fsp3) is 0.846. The van der Waals surface area contributed by atoms with Crippen LogP contribution in [0, 0.1) is 5.41 Å². The van der Waals surface area contributed by atoms with Crippen molar-refractivity contribution in [1.82, 2.24) is 4.90 Å². The summed E-state index contributed by atoms with van der Waals surface area (Å²) >= 11 is 0. The maximum atomic E-state index is 12.6. The first-order chi connectivity index (χ1) is 8.64. The fourth-order valence-electron chi connectivity index (χ4n) is 3.25. The SMILES string of the molecule is COCC(CN)N1C(=O)CC2(CCCCC2)C1=O. The maximum Gasteiger partial charge on any atom is 0.236 e. The molecular weight excluding hydrogens is 232 g/mol. The Labute approximate surface area is 108 Å². The normalized spacial score (nSPS) is 24.9. The Balaban J connectivity index is 2.17. The van der Waals surface area contributed by atoms with Crippen molar-refractivity contribution in [1.29, 1.82) is 0 Å². The summed E-state index contributed by atoms with van der Waals surface area (Å²) in [4.78, 5) is 26.1. The average Bonchev–Trinajstić information content (AvgIpc) is 2.60. The van der Waals surface area contributed by atoms with Gasteiger partial charge >= 0.3 is 0 Å². The van der Waals surface area contributed by atoms with Crippen LogP contribution < -0.4 is 5.73 Å². The molecule has 2 amide bonds. The van der Waals surface area contributed by atoms with Crippen LogP contribution in [0.5, 0.6) is 0 Å². The highest BCUT2D eigenvalue weighted by atomic mass is 16.5. The molecule has 1 aliphatic carbocycles. The highest BCUT2D eigenvalue weighted by Gasteiger charge is 2.53. The Kier molecular flexibility index (Phi) is 4.02. The number of hydrogen-bond donors (Lipinski definition) is 1. The van der Waals surface area contributed by atoms with Gasteiger partial charge in [-0.05, 0) is 12.8 Å². The number of nitrogens with zero attached hydrogens (tertiary/aromatic N) is 1. The lowest BCUT2D eigenvalue weighted by molar-refractivity contribution is -0.145. The molecule has 1 saturated heterocycles. The number of nitrogens with two attached hydrogens (primary N) is 1. The van der Waals surface area contributed by atoms with E-state index in [0.717, 1.165) is 25.7 Å². The Morgan fingerprint density at radius 3 is 2.56 bits per heavy atom. The van der Waals surface area contributed by atoms with Gasteiger partial charge in [-0.25, -0.2) is 0 Å². The van der Waals surface area contributed by atoms with Crippen molar-refractivity contribution >= 4 is 11.8 Å². The summed E-state index contributed by atoms with van der Waals surface area (Å²) in [6, 6.07) is -0.309. The van der Waals surface area contributed by atoms with E-state index in [9.17, 15) is 9.59 Å². The molecule has 2 rings (SSSR count). The van der Waals surface area contributed by atoms with E-state index >= 15 is 0 Å². The van der Waals surface area contributed by atoms with E-state index in [1.165, 1.54) is 11.3 Å². The topological polar surface area (TPSA) is 72.6 Å². The van der Waals surface area contributed by atoms with Crippen LogP contribution in [0.3, 0.4) is 0 Å². The largest absolute Gasteiger partial charge is 0.382 e. The summed E-state index contributed by atoms with van der Waals surface area (Å²) in [6.45, 7) is 0.589. The van der Waals surface area contributed by atoms with E-state index in [0.29, 0.717) is 13.0 Å². The van der Waals surface area contributed by atoms with Gasteiger partial charge in [0.2, 0.25) is 11.8 Å². The zero-order valence-corrected chi connectivity index (χ0v) is 11.0. The smallest absolute Gasteiger partial charge is 0.236 e. The van der Waals surface area contributed by atoms with Crippen molar-refractivity contribution in [3.63, 3.8) is 0 Å². The van der Waals surface area contributed by atoms with E-state index < -0.39 is 5.41 Å². The third-order valence-electron chi connectivity index (χ3n) is 4.24. The van der Waals surface area contributed by atoms with Crippen molar-refractivity contribution in [3.8, 4) is 0 Å². The third-order valence-corrected chi connectivity index (χ3v) is 4.24. The van der Waals surface area contributed by atoms with E-state index in [1.807, 2.05) is 0 Å². The summed E-state index contributed by atoms with van der Waals surface area (Å²) in [7, 11) is 1.56. The Morgan fingerprint density at radius 1 is 1.33 bits per heavy atom. The summed E-state index contributed by atoms with van der Waals surface area (Å²) in [5.74, 6) is -0.0888. The van der Waals surface area contributed by atoms with Crippen molar-refractivity contribution in [3.05, 3.63) is 0 Å². The van der Waals surface area contributed by atoms with Crippen LogP contribution in [0.25, 0.3) is 0 Å². The van der Waals surface area contributed by atoms with Gasteiger partial charge < -0.3 is 10.5 Å². The van der Waals surface area contributed by atoms with Crippen molar-refractivity contribution in [2.45, 2.75) is 44.6 Å². The molecule has 1 aliphatic heterocycles. The van der Waals surface area contributed by atoms with Crippen LogP contribution in [0.1, 0.15) is 38.5 Å². The Hall–Kier alpha value is -0.940. The first-order valence-corrected chi connectivity index (χ1v) is 6.70. The molecule has 2 N–H and O–H groups in total. The van der Waals surface area contributed by atoms with Crippen LogP contribution in [0.4, 0.5) is 0 Å². The third kappa shape index (κ3) is 2.17. The number of amides is 2. The highest BCUT2D eigenvalue weighted by molar-refractivity contribution is 6.06. The van der Waals surface area contributed by atoms with E-state index in [1.54, 1.807) is 7.11 Å². The number of carbonyl (C=O) groups excluding carboxylic acids is 2. The van der Waals surface area contributed by atoms with Crippen LogP contribution in [0.15, 0.2) is 0 Å². The molecule has 5 heteroatoms. The summed E-state index contributed by atoms with van der Waals surface area (Å²) in [5, 5.41) is 0. The molecule has 0 aromatic rings. The first kappa shape index (κ1) is 13.5. The zero-order valence-electron chi connectivity index (χ0n) is 11.0. The van der Waals surface area contributed by atoms with Gasteiger partial charge in [0.1, 0.15) is 0 Å². The molecule has 1 unspecified atom stereocenters. The quantitative estimate of drug-likeness (QED) is 0.748. The number of rotatable bonds is 4. The van der Waals surface area contributed by atoms with Crippen LogP contribution >= 0.6 is 0 Å². The maximum absolute atomic E-state index is 12.6. The molecular formula is C13H22N2O3. The second kappa shape index (κ2) is 5.36. The molecule has 5 nitrogen and oxygen atoms in total. The first-order valence-electron chi connectivity index (χ1n) is 6.70. The molecule has 102 valence electrons. The Bertz CT molecular complexity index is 337. The lowest BCUT2D eigenvalue weighted by Gasteiger charge is -2.32. The van der Waals surface area contributed by atoms with Gasteiger partial charge in [-0.3, -0.25) is 14.5 Å². The average molecular weight is 254 g/mol. The second-order valence-corrected chi connectivity index (χ2v) is 5.43. The summed E-state index contributed by atoms with van der Waals surface area (Å²) in [5.41, 5.74) is 5.23. The molecule has 1 saturated carbocycles. The number of ether oxygens (including phenoxy) is 1. The molecule has 0 aromatic carbocycles. The molecule has 2 fully saturated rings. The molecule has 0 bridgehead atoms. The van der Waals surface area contributed by atoms with Gasteiger partial charge in [-0.2, -0.15) is 0 Å². The van der Waals surface area contributed by atoms with Crippen LogP contribution in [-0.4, -0.2) is 43.0 Å². The molecule has 1 heterocycles. The minimum Gasteiger partial charge on any atom is -0.382 e. The summed E-state index contributed by atoms with van der Waals surface area (Å²) in [6.07, 6.45) is 5.32. The molecule has 1 atom stereocenters. The fourth-order valence-corrected chi connectivity index (χ4v) is 3.25. The second-order valence-electron chi connectivity index (χ2n) is 5.43. The number of imide groups is 1. The lowest BCUT2D eigenvalue weighted by atomic mass is 9.73. The highest BCUT2D eigenvalue weighted by Crippen LogP contribution is 2.45. The predicted molar refractivity (Wildman–Crippen MR) is 66.7 cm³/mol. The monoisotopic (exact) mass is 254 g/mol. The molecule has 2 aliphatic rings. The van der Waals surface area contributed by atoms with Crippen molar-refractivity contribution in [2.24, 2.45) is 11.1 Å². The molecule has 0 aromatic heterocycles. The van der Waals surface area contributed by atoms with E-state index in [2.05, 4.69) is 0 Å². The minimum absolute atomic E-state index is 0.0142. The van der Waals surface area contributed by atoms with Gasteiger partial charge in [0.15, 0.2) is 0 Å². The lowest BCUT2D eigenvalue weighted by Crippen LogP contribution is -2.48. The number of hydrogen-bond acceptors (Lipinski definition) is 4. The standard InChI is InChI=1S/C13H22N2O3/c1-18-9-10(8-14)15-11(16)7-13(12(15)17)5-3-2-4-6-13/h10H,2-9,14H2,1H3. The number of likely N-dealkylation sites (tertiary alicyclic amines) is 1. The summed E-state index contributed by atoms with van der Waals surface area (Å²) < 4.78 is 5.05. The van der Waals surface area contributed by atoms with Gasteiger partial charge in [-0.1, -0.05) is 19.3 Å². The molecule has 0 radical (unpaired) electrons. The van der Waals surface area contributed by atoms with Crippen LogP contribution in [0.2, 0.25) is 0 Å². The van der Waals surface area contributed by atoms with Gasteiger partial charge in [0.05, 0.1) is 18.1 Å². The predicted octanol–water partition coefficient (Wildman–Crippen LogP) is 0.669. The zero-order chi connectivity index (χ0) is 13.2. The van der Waals surface area contributed by atoms with Crippen LogP contribution in [-0.2, 0) is 14.3 Å². The van der Waals surface area contributed by atoms with E-state index in [4.69, 9.17) is 10.5 Å². The van der Waals surface area contributed by atoms with Crippen molar-refractivity contribution in [2.75, 3.05) is 20.3 Å². The Morgan fingerprint density at radius 2 is 2.00 bits per heavy atom. The van der Waals surface area contributed by atoms with Crippen molar-refractivity contribution < 1.29 is 14.3 Å². The van der Waals surface area contributed by atoms with Gasteiger partial charge in [0, 0.05) is 20.1 Å². The van der Waals surface area contributed by atoms with Gasteiger partial charge in [-0.15, -0.1) is 0 Å². The molecule has 1 spiro atoms. The van der Waals surface area contributed by atoms with E-state index in [-0.39, 0.29) is 24.4 Å².